The van der Waals surface area contributed by atoms with Crippen LogP contribution in [0.4, 0.5) is 17.1 Å². The van der Waals surface area contributed by atoms with E-state index in [0.717, 1.165) is 0 Å². The van der Waals surface area contributed by atoms with Gasteiger partial charge in [-0.2, -0.15) is 0 Å². The number of fused-ring (bicyclic) bond motifs is 8. The Morgan fingerprint density at radius 2 is 1.16 bits per heavy atom. The van der Waals surface area contributed by atoms with Crippen LogP contribution in [-0.2, 0) is 5.41 Å². The van der Waals surface area contributed by atoms with Gasteiger partial charge in [-0.05, 0) is 57.3 Å². The van der Waals surface area contributed by atoms with Gasteiger partial charge in [0, 0.05) is 32.0 Å². The van der Waals surface area contributed by atoms with Crippen molar-refractivity contribution in [2.24, 2.45) is 0 Å². The summed E-state index contributed by atoms with van der Waals surface area (Å²) in [6.07, 6.45) is 0. The first-order chi connectivity index (χ1) is 22.1. The Hall–Kier alpha value is -5.18. The molecule has 0 N–H and O–H groups in total. The molecule has 0 aliphatic heterocycles. The third-order valence-corrected chi connectivity index (χ3v) is 10.8. The molecule has 0 amide bonds. The zero-order valence-corrected chi connectivity index (χ0v) is 26.1. The summed E-state index contributed by atoms with van der Waals surface area (Å²) in [4.78, 5) is 2.56. The fraction of sp³-hybridized carbons (Fsp3) is 0.0698. The molecule has 0 saturated heterocycles. The molecule has 0 bridgehead atoms. The second-order valence-electron chi connectivity index (χ2n) is 12.5. The van der Waals surface area contributed by atoms with E-state index in [1.165, 1.54) is 81.4 Å². The lowest BCUT2D eigenvalue weighted by atomic mass is 9.80. The van der Waals surface area contributed by atoms with Crippen molar-refractivity contribution in [2.45, 2.75) is 19.3 Å². The number of nitrogens with zero attached hydrogens (tertiary/aromatic N) is 1. The van der Waals surface area contributed by atoms with Gasteiger partial charge >= 0.3 is 0 Å². The Balaban J connectivity index is 1.46. The molecule has 1 aromatic heterocycles. The lowest BCUT2D eigenvalue weighted by Crippen LogP contribution is -2.17. The van der Waals surface area contributed by atoms with Crippen LogP contribution in [0.2, 0.25) is 0 Å². The van der Waals surface area contributed by atoms with Crippen molar-refractivity contribution in [1.29, 1.82) is 0 Å². The van der Waals surface area contributed by atoms with Gasteiger partial charge in [0.05, 0.1) is 21.8 Å². The van der Waals surface area contributed by atoms with Gasteiger partial charge in [-0.25, -0.2) is 0 Å². The summed E-state index contributed by atoms with van der Waals surface area (Å²) in [6.45, 7) is 4.78. The molecule has 9 rings (SSSR count). The van der Waals surface area contributed by atoms with E-state index in [1.807, 2.05) is 11.3 Å². The zero-order chi connectivity index (χ0) is 30.1. The molecule has 0 spiro atoms. The van der Waals surface area contributed by atoms with Gasteiger partial charge in [0.2, 0.25) is 0 Å². The lowest BCUT2D eigenvalue weighted by molar-refractivity contribution is 0.666. The van der Waals surface area contributed by atoms with Crippen molar-refractivity contribution >= 4 is 59.3 Å². The van der Waals surface area contributed by atoms with Crippen LogP contribution >= 0.6 is 11.3 Å². The first kappa shape index (κ1) is 26.2. The summed E-state index contributed by atoms with van der Waals surface area (Å²) in [5.74, 6) is 0. The molecule has 1 aliphatic carbocycles. The first-order valence-corrected chi connectivity index (χ1v) is 16.4. The first-order valence-electron chi connectivity index (χ1n) is 15.6. The number of hydrogen-bond donors (Lipinski definition) is 0. The highest BCUT2D eigenvalue weighted by Crippen LogP contribution is 2.58. The molecule has 1 heterocycles. The normalized spacial score (nSPS) is 13.3. The highest BCUT2D eigenvalue weighted by Gasteiger charge is 2.40. The smallest absolute Gasteiger partial charge is 0.0640 e. The van der Waals surface area contributed by atoms with E-state index >= 15 is 0 Å². The van der Waals surface area contributed by atoms with Crippen molar-refractivity contribution in [1.82, 2.24) is 0 Å². The van der Waals surface area contributed by atoms with Crippen LogP contribution in [0.15, 0.2) is 152 Å². The van der Waals surface area contributed by atoms with Gasteiger partial charge in [-0.1, -0.05) is 141 Å². The minimum absolute atomic E-state index is 0.143. The van der Waals surface area contributed by atoms with Gasteiger partial charge in [0.15, 0.2) is 0 Å². The van der Waals surface area contributed by atoms with Crippen LogP contribution in [-0.4, -0.2) is 0 Å². The number of para-hydroxylation sites is 1. The highest BCUT2D eigenvalue weighted by molar-refractivity contribution is 7.26. The van der Waals surface area contributed by atoms with E-state index in [-0.39, 0.29) is 5.41 Å². The Morgan fingerprint density at radius 3 is 2.02 bits per heavy atom. The predicted octanol–water partition coefficient (Wildman–Crippen LogP) is 12.7. The third kappa shape index (κ3) is 3.86. The maximum Gasteiger partial charge on any atom is 0.0640 e. The van der Waals surface area contributed by atoms with E-state index in [0.29, 0.717) is 0 Å². The number of thiophene rings is 1. The summed E-state index contributed by atoms with van der Waals surface area (Å²) < 4.78 is 2.61. The molecule has 0 fully saturated rings. The summed E-state index contributed by atoms with van der Waals surface area (Å²) in [5, 5.41) is 5.20. The van der Waals surface area contributed by atoms with Crippen molar-refractivity contribution in [3.8, 4) is 22.3 Å². The molecule has 1 aliphatic rings. The van der Waals surface area contributed by atoms with Crippen molar-refractivity contribution in [3.63, 3.8) is 0 Å². The van der Waals surface area contributed by atoms with Crippen LogP contribution in [0.5, 0.6) is 0 Å². The summed E-state index contributed by atoms with van der Waals surface area (Å²) >= 11 is 1.89. The van der Waals surface area contributed by atoms with Gasteiger partial charge in [0.1, 0.15) is 0 Å². The number of benzene rings is 7. The Bertz CT molecular complexity index is 2410. The fourth-order valence-electron chi connectivity index (χ4n) is 7.64. The average Bonchev–Trinajstić information content (AvgIpc) is 3.59. The summed E-state index contributed by atoms with van der Waals surface area (Å²) in [7, 11) is 0. The zero-order valence-electron chi connectivity index (χ0n) is 25.3. The fourth-order valence-corrected chi connectivity index (χ4v) is 8.85. The van der Waals surface area contributed by atoms with E-state index in [2.05, 4.69) is 170 Å². The van der Waals surface area contributed by atoms with Crippen molar-refractivity contribution in [3.05, 3.63) is 163 Å². The number of anilines is 3. The molecule has 8 aromatic rings. The van der Waals surface area contributed by atoms with Gasteiger partial charge in [-0.3, -0.25) is 0 Å². The minimum atomic E-state index is -0.143. The standard InChI is InChI=1S/C43H31NS/c1-43(2)35-23-11-8-21-34(35)40-38(27-29-17-6-7-19-31(29)41(40)43)44(36-24-12-9-18-30(36)28-15-4-3-5-16-28)37-25-14-22-33-32-20-10-13-26-39(32)45-42(33)37/h3-27H,1-2H3. The lowest BCUT2D eigenvalue weighted by Gasteiger charge is -2.32. The topological polar surface area (TPSA) is 3.24 Å². The number of hydrogen-bond acceptors (Lipinski definition) is 2. The molecule has 1 nitrogen and oxygen atoms in total. The summed E-state index contributed by atoms with van der Waals surface area (Å²) in [6, 6.07) is 55.7. The van der Waals surface area contributed by atoms with Crippen LogP contribution < -0.4 is 4.90 Å². The molecular weight excluding hydrogens is 563 g/mol. The molecule has 0 saturated carbocycles. The van der Waals surface area contributed by atoms with E-state index in [1.54, 1.807) is 0 Å². The molecular formula is C43H31NS. The van der Waals surface area contributed by atoms with Gasteiger partial charge in [0.25, 0.3) is 0 Å². The van der Waals surface area contributed by atoms with Crippen molar-refractivity contribution in [2.75, 3.05) is 4.90 Å². The third-order valence-electron chi connectivity index (χ3n) is 9.62. The molecule has 2 heteroatoms. The van der Waals surface area contributed by atoms with Crippen molar-refractivity contribution < 1.29 is 0 Å². The summed E-state index contributed by atoms with van der Waals surface area (Å²) in [5.41, 5.74) is 11.3. The number of rotatable bonds is 4. The van der Waals surface area contributed by atoms with E-state index in [4.69, 9.17) is 0 Å². The van der Waals surface area contributed by atoms with E-state index in [9.17, 15) is 0 Å². The largest absolute Gasteiger partial charge is 0.308 e. The van der Waals surface area contributed by atoms with E-state index < -0.39 is 0 Å². The Labute approximate surface area is 267 Å². The predicted molar refractivity (Wildman–Crippen MR) is 195 cm³/mol. The maximum absolute atomic E-state index is 2.56. The SMILES string of the molecule is CC1(C)c2ccccc2-c2c(N(c3ccccc3-c3ccccc3)c3cccc4c3sc3ccccc34)cc3ccccc3c21. The second kappa shape index (κ2) is 9.92. The maximum atomic E-state index is 2.56. The Kier molecular flexibility index (Phi) is 5.78. The molecule has 0 unspecified atom stereocenters. The van der Waals surface area contributed by atoms with Crippen LogP contribution in [0.1, 0.15) is 25.0 Å². The quantitative estimate of drug-likeness (QED) is 0.196. The van der Waals surface area contributed by atoms with Crippen LogP contribution in [0.25, 0.3) is 53.2 Å². The molecule has 7 aromatic carbocycles. The van der Waals surface area contributed by atoms with Crippen LogP contribution in [0, 0.1) is 0 Å². The highest BCUT2D eigenvalue weighted by atomic mass is 32.1. The minimum Gasteiger partial charge on any atom is -0.308 e. The Morgan fingerprint density at radius 1 is 0.511 bits per heavy atom. The average molecular weight is 594 g/mol. The molecule has 214 valence electrons. The molecule has 0 radical (unpaired) electrons. The second-order valence-corrected chi connectivity index (χ2v) is 13.6. The monoisotopic (exact) mass is 593 g/mol. The van der Waals surface area contributed by atoms with Gasteiger partial charge in [-0.15, -0.1) is 11.3 Å². The van der Waals surface area contributed by atoms with Gasteiger partial charge < -0.3 is 4.90 Å². The van der Waals surface area contributed by atoms with Crippen LogP contribution in [0.3, 0.4) is 0 Å². The molecule has 45 heavy (non-hydrogen) atoms. The molecule has 0 atom stereocenters.